The molecular formula is C25H28N2O3. The number of piperidine rings is 1. The van der Waals surface area contributed by atoms with Gasteiger partial charge in [-0.2, -0.15) is 0 Å². The molecule has 0 unspecified atom stereocenters. The molecular weight excluding hydrogens is 376 g/mol. The predicted octanol–water partition coefficient (Wildman–Crippen LogP) is 4.59. The summed E-state index contributed by atoms with van der Waals surface area (Å²) in [6.07, 6.45) is 4.88. The van der Waals surface area contributed by atoms with Gasteiger partial charge in [0.2, 0.25) is 0 Å². The largest absolute Gasteiger partial charge is 0.466 e. The molecule has 1 amide bonds. The molecule has 30 heavy (non-hydrogen) atoms. The molecule has 4 rings (SSSR count). The van der Waals surface area contributed by atoms with E-state index in [1.807, 2.05) is 60.5 Å². The van der Waals surface area contributed by atoms with Crippen LogP contribution in [-0.2, 0) is 16.0 Å². The maximum atomic E-state index is 13.3. The lowest BCUT2D eigenvalue weighted by molar-refractivity contribution is -0.159. The number of carbonyl (C=O) groups is 2. The molecule has 156 valence electrons. The molecule has 0 bridgehead atoms. The van der Waals surface area contributed by atoms with E-state index in [0.717, 1.165) is 30.2 Å². The van der Waals surface area contributed by atoms with Crippen LogP contribution < -0.4 is 0 Å². The Bertz CT molecular complexity index is 1030. The summed E-state index contributed by atoms with van der Waals surface area (Å²) in [6, 6.07) is 17.8. The zero-order chi connectivity index (χ0) is 21.0. The number of nitrogens with one attached hydrogen (secondary N) is 1. The van der Waals surface area contributed by atoms with Gasteiger partial charge in [0, 0.05) is 35.8 Å². The number of aromatic amines is 1. The second kappa shape index (κ2) is 8.74. The Balaban J connectivity index is 1.56. The van der Waals surface area contributed by atoms with E-state index in [4.69, 9.17) is 4.74 Å². The molecule has 5 heteroatoms. The summed E-state index contributed by atoms with van der Waals surface area (Å²) in [5.74, 6) is -0.203. The van der Waals surface area contributed by atoms with Crippen LogP contribution in [0.1, 0.15) is 42.1 Å². The molecule has 3 aromatic rings. The van der Waals surface area contributed by atoms with Gasteiger partial charge in [-0.05, 0) is 62.4 Å². The van der Waals surface area contributed by atoms with Crippen LogP contribution >= 0.6 is 0 Å². The third kappa shape index (κ3) is 4.11. The lowest BCUT2D eigenvalue weighted by Gasteiger charge is -2.41. The zero-order valence-electron chi connectivity index (χ0n) is 17.4. The fourth-order valence-electron chi connectivity index (χ4n) is 4.46. The van der Waals surface area contributed by atoms with Gasteiger partial charge >= 0.3 is 5.97 Å². The minimum Gasteiger partial charge on any atom is -0.466 e. The van der Waals surface area contributed by atoms with Crippen LogP contribution in [0.2, 0.25) is 0 Å². The smallest absolute Gasteiger partial charge is 0.313 e. The average molecular weight is 405 g/mol. The SMILES string of the molecule is CCOC(=O)[C@@]1(CCc2ccccc2)CCCN(C(=O)c2ccc3[nH]ccc3c2)C1. The fraction of sp³-hybridized carbons (Fsp3) is 0.360. The predicted molar refractivity (Wildman–Crippen MR) is 117 cm³/mol. The van der Waals surface area contributed by atoms with E-state index >= 15 is 0 Å². The minimum atomic E-state index is -0.655. The Hall–Kier alpha value is -3.08. The molecule has 1 fully saturated rings. The topological polar surface area (TPSA) is 62.4 Å². The first-order chi connectivity index (χ1) is 14.6. The first-order valence-corrected chi connectivity index (χ1v) is 10.7. The van der Waals surface area contributed by atoms with E-state index in [2.05, 4.69) is 17.1 Å². The van der Waals surface area contributed by atoms with Gasteiger partial charge in [-0.1, -0.05) is 30.3 Å². The summed E-state index contributed by atoms with van der Waals surface area (Å²) >= 11 is 0. The van der Waals surface area contributed by atoms with E-state index in [9.17, 15) is 9.59 Å². The fourth-order valence-corrected chi connectivity index (χ4v) is 4.46. The van der Waals surface area contributed by atoms with E-state index < -0.39 is 5.41 Å². The van der Waals surface area contributed by atoms with Crippen molar-refractivity contribution >= 4 is 22.8 Å². The summed E-state index contributed by atoms with van der Waals surface area (Å²) < 4.78 is 5.47. The molecule has 2 aromatic carbocycles. The Morgan fingerprint density at radius 1 is 1.13 bits per heavy atom. The number of aryl methyl sites for hydroxylation is 1. The molecule has 1 N–H and O–H groups in total. The van der Waals surface area contributed by atoms with Crippen molar-refractivity contribution in [1.82, 2.24) is 9.88 Å². The summed E-state index contributed by atoms with van der Waals surface area (Å²) in [6.45, 7) is 3.25. The molecule has 0 saturated carbocycles. The van der Waals surface area contributed by atoms with Crippen LogP contribution in [0.25, 0.3) is 10.9 Å². The van der Waals surface area contributed by atoms with E-state index in [1.165, 1.54) is 5.56 Å². The Morgan fingerprint density at radius 2 is 1.97 bits per heavy atom. The van der Waals surface area contributed by atoms with Gasteiger partial charge < -0.3 is 14.6 Å². The molecule has 0 radical (unpaired) electrons. The maximum absolute atomic E-state index is 13.3. The number of benzene rings is 2. The Labute approximate surface area is 177 Å². The van der Waals surface area contributed by atoms with E-state index in [1.54, 1.807) is 0 Å². The highest BCUT2D eigenvalue weighted by Gasteiger charge is 2.44. The standard InChI is InChI=1S/C25H28N2O3/c1-2-30-24(29)25(14-11-19-7-4-3-5-8-19)13-6-16-27(18-25)23(28)21-9-10-22-20(17-21)12-15-26-22/h3-5,7-10,12,15,17,26H,2,6,11,13-14,16,18H2,1H3/t25-/m1/s1. The zero-order valence-corrected chi connectivity index (χ0v) is 17.4. The van der Waals surface area contributed by atoms with Gasteiger partial charge in [0.25, 0.3) is 5.91 Å². The van der Waals surface area contributed by atoms with Gasteiger partial charge in [0.15, 0.2) is 0 Å². The van der Waals surface area contributed by atoms with E-state index in [0.29, 0.717) is 31.7 Å². The monoisotopic (exact) mass is 404 g/mol. The molecule has 2 heterocycles. The molecule has 1 aliphatic rings. The van der Waals surface area contributed by atoms with Crippen molar-refractivity contribution in [2.45, 2.75) is 32.6 Å². The van der Waals surface area contributed by atoms with Crippen LogP contribution in [0.15, 0.2) is 60.8 Å². The third-order valence-electron chi connectivity index (χ3n) is 6.11. The number of aromatic nitrogens is 1. The van der Waals surface area contributed by atoms with Crippen molar-refractivity contribution in [2.75, 3.05) is 19.7 Å². The number of esters is 1. The highest BCUT2D eigenvalue weighted by molar-refractivity contribution is 5.98. The van der Waals surface area contributed by atoms with Gasteiger partial charge in [0.05, 0.1) is 12.0 Å². The first kappa shape index (κ1) is 20.2. The van der Waals surface area contributed by atoms with Crippen LogP contribution in [0, 0.1) is 5.41 Å². The van der Waals surface area contributed by atoms with Gasteiger partial charge in [-0.3, -0.25) is 9.59 Å². The molecule has 5 nitrogen and oxygen atoms in total. The molecule has 0 spiro atoms. The van der Waals surface area contributed by atoms with Gasteiger partial charge in [-0.25, -0.2) is 0 Å². The van der Waals surface area contributed by atoms with Crippen molar-refractivity contribution in [3.05, 3.63) is 71.9 Å². The number of carbonyl (C=O) groups excluding carboxylic acids is 2. The number of hydrogen-bond acceptors (Lipinski definition) is 3. The third-order valence-corrected chi connectivity index (χ3v) is 6.11. The number of ether oxygens (including phenoxy) is 1. The number of nitrogens with zero attached hydrogens (tertiary/aromatic N) is 1. The number of H-pyrrole nitrogens is 1. The molecule has 1 aromatic heterocycles. The maximum Gasteiger partial charge on any atom is 0.313 e. The Morgan fingerprint density at radius 3 is 2.77 bits per heavy atom. The van der Waals surface area contributed by atoms with Crippen LogP contribution in [0.3, 0.4) is 0 Å². The van der Waals surface area contributed by atoms with Crippen molar-refractivity contribution in [1.29, 1.82) is 0 Å². The van der Waals surface area contributed by atoms with Crippen molar-refractivity contribution in [2.24, 2.45) is 5.41 Å². The van der Waals surface area contributed by atoms with Crippen LogP contribution in [-0.4, -0.2) is 41.5 Å². The molecule has 1 saturated heterocycles. The highest BCUT2D eigenvalue weighted by atomic mass is 16.5. The Kier molecular flexibility index (Phi) is 5.88. The number of rotatable bonds is 6. The normalized spacial score (nSPS) is 19.0. The summed E-state index contributed by atoms with van der Waals surface area (Å²) in [4.78, 5) is 31.3. The molecule has 1 atom stereocenters. The first-order valence-electron chi connectivity index (χ1n) is 10.7. The van der Waals surface area contributed by atoms with E-state index in [-0.39, 0.29) is 11.9 Å². The number of amides is 1. The van der Waals surface area contributed by atoms with Crippen LogP contribution in [0.4, 0.5) is 0 Å². The van der Waals surface area contributed by atoms with Crippen molar-refractivity contribution in [3.63, 3.8) is 0 Å². The number of likely N-dealkylation sites (tertiary alicyclic amines) is 1. The second-order valence-electron chi connectivity index (χ2n) is 8.10. The highest BCUT2D eigenvalue weighted by Crippen LogP contribution is 2.37. The van der Waals surface area contributed by atoms with Gasteiger partial charge in [-0.15, -0.1) is 0 Å². The van der Waals surface area contributed by atoms with Crippen LogP contribution in [0.5, 0.6) is 0 Å². The number of fused-ring (bicyclic) bond motifs is 1. The van der Waals surface area contributed by atoms with Gasteiger partial charge in [0.1, 0.15) is 0 Å². The quantitative estimate of drug-likeness (QED) is 0.612. The lowest BCUT2D eigenvalue weighted by Crippen LogP contribution is -2.50. The molecule has 1 aliphatic heterocycles. The second-order valence-corrected chi connectivity index (χ2v) is 8.10. The molecule has 0 aliphatic carbocycles. The summed E-state index contributed by atoms with van der Waals surface area (Å²) in [5.41, 5.74) is 2.21. The number of hydrogen-bond donors (Lipinski definition) is 1. The van der Waals surface area contributed by atoms with Crippen molar-refractivity contribution in [3.8, 4) is 0 Å². The van der Waals surface area contributed by atoms with Crippen molar-refractivity contribution < 1.29 is 14.3 Å². The summed E-state index contributed by atoms with van der Waals surface area (Å²) in [7, 11) is 0. The lowest BCUT2D eigenvalue weighted by atomic mass is 9.75. The average Bonchev–Trinajstić information content (AvgIpc) is 3.26. The summed E-state index contributed by atoms with van der Waals surface area (Å²) in [5, 5.41) is 1.01. The minimum absolute atomic E-state index is 0.0221.